The predicted molar refractivity (Wildman–Crippen MR) is 83.7 cm³/mol. The van der Waals surface area contributed by atoms with E-state index in [2.05, 4.69) is 15.3 Å². The van der Waals surface area contributed by atoms with Crippen LogP contribution in [0.5, 0.6) is 0 Å². The van der Waals surface area contributed by atoms with Crippen molar-refractivity contribution >= 4 is 34.5 Å². The Kier molecular flexibility index (Phi) is 3.94. The third-order valence-electron chi connectivity index (χ3n) is 3.63. The van der Waals surface area contributed by atoms with Gasteiger partial charge in [-0.05, 0) is 18.6 Å². The van der Waals surface area contributed by atoms with Gasteiger partial charge in [-0.1, -0.05) is 0 Å². The van der Waals surface area contributed by atoms with Crippen molar-refractivity contribution in [2.75, 3.05) is 29.9 Å². The summed E-state index contributed by atoms with van der Waals surface area (Å²) < 4.78 is 27.2. The standard InChI is InChI=1S/C14H16F2N4OS/c1-9-10-2-3-17-12(10)18-6-11(9)19-13(21)20-4-5-22-8-14(15,16)7-20/h2-3,6H,4-5,7-8H2,1H3,(H,17,18)(H,19,21). The van der Waals surface area contributed by atoms with E-state index in [0.717, 1.165) is 16.6 Å². The Morgan fingerprint density at radius 3 is 3.18 bits per heavy atom. The average Bonchev–Trinajstić information content (AvgIpc) is 2.86. The molecule has 0 aromatic carbocycles. The molecule has 1 aliphatic heterocycles. The van der Waals surface area contributed by atoms with E-state index in [4.69, 9.17) is 0 Å². The van der Waals surface area contributed by atoms with Crippen LogP contribution in [-0.4, -0.2) is 51.4 Å². The molecule has 0 unspecified atom stereocenters. The summed E-state index contributed by atoms with van der Waals surface area (Å²) >= 11 is 1.17. The number of amides is 2. The van der Waals surface area contributed by atoms with Crippen molar-refractivity contribution in [2.45, 2.75) is 12.8 Å². The number of aromatic amines is 1. The van der Waals surface area contributed by atoms with E-state index in [0.29, 0.717) is 18.0 Å². The molecular formula is C14H16F2N4OS. The Morgan fingerprint density at radius 1 is 1.55 bits per heavy atom. The Balaban J connectivity index is 1.78. The van der Waals surface area contributed by atoms with Crippen LogP contribution in [0, 0.1) is 6.92 Å². The lowest BCUT2D eigenvalue weighted by Gasteiger charge is -2.24. The third-order valence-corrected chi connectivity index (χ3v) is 4.72. The number of fused-ring (bicyclic) bond motifs is 1. The van der Waals surface area contributed by atoms with Gasteiger partial charge in [-0.3, -0.25) is 0 Å². The fraction of sp³-hybridized carbons (Fsp3) is 0.429. The smallest absolute Gasteiger partial charge is 0.322 e. The molecule has 0 saturated carbocycles. The maximum atomic E-state index is 13.6. The zero-order valence-corrected chi connectivity index (χ0v) is 12.8. The van der Waals surface area contributed by atoms with Crippen molar-refractivity contribution in [3.63, 3.8) is 0 Å². The topological polar surface area (TPSA) is 61.0 Å². The highest BCUT2D eigenvalue weighted by molar-refractivity contribution is 7.99. The van der Waals surface area contributed by atoms with Crippen LogP contribution in [0.3, 0.4) is 0 Å². The van der Waals surface area contributed by atoms with E-state index in [9.17, 15) is 13.6 Å². The van der Waals surface area contributed by atoms with Crippen LogP contribution in [0.4, 0.5) is 19.3 Å². The fourth-order valence-electron chi connectivity index (χ4n) is 2.43. The number of carbonyl (C=O) groups excluding carboxylic acids is 1. The summed E-state index contributed by atoms with van der Waals surface area (Å²) in [7, 11) is 0. The number of hydrogen-bond donors (Lipinski definition) is 2. The van der Waals surface area contributed by atoms with Gasteiger partial charge in [0.25, 0.3) is 5.92 Å². The normalized spacial score (nSPS) is 18.2. The first-order valence-corrected chi connectivity index (χ1v) is 8.06. The molecule has 2 amide bonds. The van der Waals surface area contributed by atoms with Gasteiger partial charge in [-0.2, -0.15) is 11.8 Å². The highest BCUT2D eigenvalue weighted by atomic mass is 32.2. The first-order chi connectivity index (χ1) is 10.5. The number of halogens is 2. The van der Waals surface area contributed by atoms with Crippen molar-refractivity contribution in [2.24, 2.45) is 0 Å². The molecule has 1 saturated heterocycles. The minimum Gasteiger partial charge on any atom is -0.346 e. The summed E-state index contributed by atoms with van der Waals surface area (Å²) in [5, 5.41) is 3.59. The molecule has 118 valence electrons. The van der Waals surface area contributed by atoms with Crippen LogP contribution in [0.1, 0.15) is 5.56 Å². The molecule has 2 aromatic heterocycles. The predicted octanol–water partition coefficient (Wildman–Crippen LogP) is 3.09. The van der Waals surface area contributed by atoms with Crippen LogP contribution >= 0.6 is 11.8 Å². The van der Waals surface area contributed by atoms with Gasteiger partial charge in [0.05, 0.1) is 24.2 Å². The van der Waals surface area contributed by atoms with E-state index < -0.39 is 18.5 Å². The number of thioether (sulfide) groups is 1. The Hall–Kier alpha value is -1.83. The van der Waals surface area contributed by atoms with Crippen molar-refractivity contribution in [3.05, 3.63) is 24.0 Å². The number of alkyl halides is 2. The SMILES string of the molecule is Cc1c(NC(=O)N2CCSCC(F)(F)C2)cnc2[nH]ccc12. The number of hydrogen-bond acceptors (Lipinski definition) is 3. The van der Waals surface area contributed by atoms with Gasteiger partial charge < -0.3 is 15.2 Å². The molecule has 0 bridgehead atoms. The molecule has 0 atom stereocenters. The molecule has 2 N–H and O–H groups in total. The number of nitrogens with one attached hydrogen (secondary N) is 2. The van der Waals surface area contributed by atoms with Crippen LogP contribution in [0.25, 0.3) is 11.0 Å². The summed E-state index contributed by atoms with van der Waals surface area (Å²) in [5.41, 5.74) is 2.13. The third kappa shape index (κ3) is 3.01. The van der Waals surface area contributed by atoms with Crippen LogP contribution in [0.2, 0.25) is 0 Å². The van der Waals surface area contributed by atoms with E-state index >= 15 is 0 Å². The first kappa shape index (κ1) is 15.1. The largest absolute Gasteiger partial charge is 0.346 e. The maximum absolute atomic E-state index is 13.6. The van der Waals surface area contributed by atoms with Gasteiger partial charge in [-0.15, -0.1) is 0 Å². The summed E-state index contributed by atoms with van der Waals surface area (Å²) in [6.07, 6.45) is 3.31. The number of anilines is 1. The summed E-state index contributed by atoms with van der Waals surface area (Å²) in [6, 6.07) is 1.35. The zero-order chi connectivity index (χ0) is 15.7. The van der Waals surface area contributed by atoms with Crippen LogP contribution in [-0.2, 0) is 0 Å². The van der Waals surface area contributed by atoms with Gasteiger partial charge in [0.2, 0.25) is 0 Å². The lowest BCUT2D eigenvalue weighted by molar-refractivity contribution is 0.00515. The fourth-order valence-corrected chi connectivity index (χ4v) is 3.32. The summed E-state index contributed by atoms with van der Waals surface area (Å²) in [4.78, 5) is 20.6. The van der Waals surface area contributed by atoms with Gasteiger partial charge in [0.15, 0.2) is 0 Å². The number of aromatic nitrogens is 2. The monoisotopic (exact) mass is 326 g/mol. The summed E-state index contributed by atoms with van der Waals surface area (Å²) in [6.45, 7) is 1.62. The minimum absolute atomic E-state index is 0.243. The molecule has 0 radical (unpaired) electrons. The Labute approximate surface area is 130 Å². The molecule has 5 nitrogen and oxygen atoms in total. The lowest BCUT2D eigenvalue weighted by Crippen LogP contribution is -2.43. The lowest BCUT2D eigenvalue weighted by atomic mass is 10.2. The van der Waals surface area contributed by atoms with Crippen molar-refractivity contribution < 1.29 is 13.6 Å². The van der Waals surface area contributed by atoms with E-state index in [1.165, 1.54) is 22.9 Å². The Bertz CT molecular complexity index is 703. The molecule has 2 aromatic rings. The highest BCUT2D eigenvalue weighted by Crippen LogP contribution is 2.26. The molecule has 3 rings (SSSR count). The molecule has 8 heteroatoms. The van der Waals surface area contributed by atoms with Crippen LogP contribution in [0.15, 0.2) is 18.5 Å². The molecule has 3 heterocycles. The molecule has 0 spiro atoms. The molecule has 0 aliphatic carbocycles. The van der Waals surface area contributed by atoms with Crippen molar-refractivity contribution in [1.29, 1.82) is 0 Å². The molecule has 22 heavy (non-hydrogen) atoms. The van der Waals surface area contributed by atoms with Gasteiger partial charge in [-0.25, -0.2) is 18.6 Å². The Morgan fingerprint density at radius 2 is 2.36 bits per heavy atom. The maximum Gasteiger partial charge on any atom is 0.322 e. The van der Waals surface area contributed by atoms with Crippen molar-refractivity contribution in [1.82, 2.24) is 14.9 Å². The minimum atomic E-state index is -2.85. The van der Waals surface area contributed by atoms with Gasteiger partial charge >= 0.3 is 6.03 Å². The van der Waals surface area contributed by atoms with E-state index in [1.54, 1.807) is 6.20 Å². The average molecular weight is 326 g/mol. The van der Waals surface area contributed by atoms with Crippen LogP contribution < -0.4 is 5.32 Å². The zero-order valence-electron chi connectivity index (χ0n) is 12.0. The molecule has 1 fully saturated rings. The number of rotatable bonds is 1. The number of aryl methyl sites for hydroxylation is 1. The number of carbonyl (C=O) groups is 1. The second kappa shape index (κ2) is 5.75. The number of urea groups is 1. The quantitative estimate of drug-likeness (QED) is 0.846. The van der Waals surface area contributed by atoms with Gasteiger partial charge in [0.1, 0.15) is 5.65 Å². The second-order valence-corrected chi connectivity index (χ2v) is 6.40. The number of nitrogens with zero attached hydrogens (tertiary/aromatic N) is 2. The summed E-state index contributed by atoms with van der Waals surface area (Å²) in [5.74, 6) is -2.58. The second-order valence-electron chi connectivity index (χ2n) is 5.30. The van der Waals surface area contributed by atoms with Gasteiger partial charge in [0, 0.05) is 23.9 Å². The number of H-pyrrole nitrogens is 1. The molecule has 1 aliphatic rings. The van der Waals surface area contributed by atoms with E-state index in [1.807, 2.05) is 13.0 Å². The molecular weight excluding hydrogens is 310 g/mol. The number of pyridine rings is 1. The van der Waals surface area contributed by atoms with E-state index in [-0.39, 0.29) is 5.75 Å². The first-order valence-electron chi connectivity index (χ1n) is 6.90. The van der Waals surface area contributed by atoms with Crippen molar-refractivity contribution in [3.8, 4) is 0 Å². The highest BCUT2D eigenvalue weighted by Gasteiger charge is 2.35.